The second kappa shape index (κ2) is 10.1. The third kappa shape index (κ3) is 9.37. The molecule has 0 N–H and O–H groups in total. The van der Waals surface area contributed by atoms with Crippen LogP contribution in [0, 0.1) is 0 Å². The Hall–Kier alpha value is 4.00. The van der Waals surface area contributed by atoms with Crippen molar-refractivity contribution < 1.29 is 0 Å². The Bertz CT molecular complexity index is 3.25. The number of halogens is 3. The van der Waals surface area contributed by atoms with E-state index in [2.05, 4.69) is 37.2 Å². The Labute approximate surface area is 105 Å². The van der Waals surface area contributed by atoms with E-state index in [4.69, 9.17) is 0 Å². The molecule has 0 amide bonds. The molecular weight excluding hydrogens is 466 g/mol. The van der Waals surface area contributed by atoms with Crippen molar-refractivity contribution >= 4 is 109 Å². The van der Waals surface area contributed by atoms with Crippen molar-refractivity contribution in [2.24, 2.45) is 0 Å². The van der Waals surface area contributed by atoms with Gasteiger partial charge in [0.15, 0.2) is 0 Å². The van der Waals surface area contributed by atoms with E-state index in [0.29, 0.717) is 13.3 Å². The maximum atomic E-state index is 2.41. The van der Waals surface area contributed by atoms with Crippen molar-refractivity contribution in [2.45, 2.75) is 0 Å². The van der Waals surface area contributed by atoms with E-state index in [-0.39, 0.29) is 58.2 Å². The minimum atomic E-state index is 0. The van der Waals surface area contributed by atoms with E-state index in [1.807, 2.05) is 0 Å². The van der Waals surface area contributed by atoms with Crippen LogP contribution in [0.25, 0.3) is 0 Å². The van der Waals surface area contributed by atoms with Crippen molar-refractivity contribution in [3.05, 3.63) is 0 Å². The molecule has 0 aliphatic rings. The molecule has 0 bridgehead atoms. The zero-order chi connectivity index (χ0) is 2.71. The molecule has 0 unspecified atom stereocenters. The van der Waals surface area contributed by atoms with Gasteiger partial charge in [-0.25, -0.2) is 0 Å². The smallest absolute Gasteiger partial charge is 0 e. The molecule has 0 fully saturated rings. The fourth-order valence-corrected chi connectivity index (χ4v) is 0. The largest absolute Gasteiger partial charge is 0 e. The minimum absolute atomic E-state index is 0. The van der Waals surface area contributed by atoms with E-state index < -0.39 is 0 Å². The van der Waals surface area contributed by atoms with Gasteiger partial charge in [-0.3, -0.25) is 0 Å². The van der Waals surface area contributed by atoms with E-state index in [0.717, 1.165) is 0 Å². The number of hydrogen-bond acceptors (Lipinski definition) is 0. The van der Waals surface area contributed by atoms with Crippen LogP contribution in [0.4, 0.5) is 0 Å². The summed E-state index contributed by atoms with van der Waals surface area (Å²) in [6.45, 7) is 0. The second-order valence-corrected chi connectivity index (χ2v) is 17.6. The first-order chi connectivity index (χ1) is 1.41. The molecule has 0 aromatic rings. The van der Waals surface area contributed by atoms with Gasteiger partial charge in [-0.15, -0.1) is 0 Å². The van der Waals surface area contributed by atoms with Crippen LogP contribution in [0.3, 0.4) is 0 Å². The summed E-state index contributed by atoms with van der Waals surface area (Å²) in [7, 11) is 0. The summed E-state index contributed by atoms with van der Waals surface area (Å²) in [5.74, 6) is 0. The molecule has 0 atom stereocenters. The molecule has 4 heteroatoms. The average Bonchev–Trinajstić information content (AvgIpc) is 0.918. The minimum Gasteiger partial charge on any atom is 0 e. The molecule has 0 nitrogen and oxygen atoms in total. The van der Waals surface area contributed by atoms with Gasteiger partial charge in [0.05, 0.1) is 0 Å². The van der Waals surface area contributed by atoms with E-state index in [9.17, 15) is 0 Å². The van der Waals surface area contributed by atoms with E-state index in [1.165, 1.54) is 0 Å². The molecule has 0 aliphatic heterocycles. The van der Waals surface area contributed by atoms with Gasteiger partial charge < -0.3 is 0 Å². The van der Waals surface area contributed by atoms with Crippen LogP contribution in [0.2, 0.25) is 0 Å². The first-order valence-electron chi connectivity index (χ1n) is 0.309. The van der Waals surface area contributed by atoms with Crippen LogP contribution in [0.5, 0.6) is 0 Å². The van der Waals surface area contributed by atoms with Crippen LogP contribution < -0.4 is 0 Å². The summed E-state index contributed by atoms with van der Waals surface area (Å²) >= 11 is 5.22. The third-order valence-electron chi connectivity index (χ3n) is 0. The first kappa shape index (κ1) is 10.9. The normalized spacial score (nSPS) is 5.50. The van der Waals surface area contributed by atoms with E-state index >= 15 is 0 Å². The van der Waals surface area contributed by atoms with Gasteiger partial charge in [-0.05, 0) is 0 Å². The standard InChI is InChI=1S/HI3.Rb/c1-3-2;/h3H;. The van der Waals surface area contributed by atoms with Crippen molar-refractivity contribution in [1.29, 1.82) is 0 Å². The number of rotatable bonds is 0. The topological polar surface area (TPSA) is 0 Å². The summed E-state index contributed by atoms with van der Waals surface area (Å²) in [6.07, 6.45) is 0. The molecule has 4 heavy (non-hydrogen) atoms. The van der Waals surface area contributed by atoms with Crippen LogP contribution >= 0.6 is 50.5 Å². The van der Waals surface area contributed by atoms with Crippen LogP contribution in [0.15, 0.2) is 0 Å². The zero-order valence-electron chi connectivity index (χ0n) is 2.16. The van der Waals surface area contributed by atoms with Crippen molar-refractivity contribution in [3.63, 3.8) is 0 Å². The molecule has 0 spiro atoms. The molecule has 0 aromatic heterocycles. The van der Waals surface area contributed by atoms with Crippen LogP contribution in [0.1, 0.15) is 0 Å². The Kier molecular flexibility index (Phi) is 27.4. The van der Waals surface area contributed by atoms with Crippen LogP contribution in [-0.2, 0) is 0 Å². The third-order valence-corrected chi connectivity index (χ3v) is 0. The Morgan fingerprint density at radius 3 is 1.25 bits per heavy atom. The monoisotopic (exact) mass is 467 g/mol. The molecule has 1 radical (unpaired) electrons. The van der Waals surface area contributed by atoms with Gasteiger partial charge in [-0.2, -0.15) is 0 Å². The van der Waals surface area contributed by atoms with Crippen molar-refractivity contribution in [1.82, 2.24) is 0 Å². The van der Waals surface area contributed by atoms with Gasteiger partial charge in [0.25, 0.3) is 0 Å². The van der Waals surface area contributed by atoms with Crippen molar-refractivity contribution in [3.8, 4) is 0 Å². The molecule has 0 saturated heterocycles. The summed E-state index contributed by atoms with van der Waals surface area (Å²) in [5, 5.41) is 0. The quantitative estimate of drug-likeness (QED) is 0.479. The maximum absolute atomic E-state index is 2.41. The Balaban J connectivity index is 0. The van der Waals surface area contributed by atoms with Crippen LogP contribution in [-0.4, -0.2) is 58.2 Å². The summed E-state index contributed by atoms with van der Waals surface area (Å²) in [5.41, 5.74) is 0. The number of hydrogen-bond donors (Lipinski definition) is 0. The Morgan fingerprint density at radius 1 is 1.25 bits per heavy atom. The molecule has 0 heterocycles. The molecule has 0 saturated carbocycles. The predicted molar refractivity (Wildman–Crippen MR) is 49.2 cm³/mol. The fourth-order valence-electron chi connectivity index (χ4n) is 0. The summed E-state index contributed by atoms with van der Waals surface area (Å²) in [4.78, 5) is 0. The SMILES string of the molecule is I[IH]I.[Rb]. The molecule has 0 rings (SSSR count). The molecular formula is HI3Rb. The first-order valence-corrected chi connectivity index (χ1v) is 13.9. The second-order valence-electron chi connectivity index (χ2n) is 0.0583. The van der Waals surface area contributed by atoms with Crippen molar-refractivity contribution in [2.75, 3.05) is 0 Å². The Morgan fingerprint density at radius 2 is 1.25 bits per heavy atom. The fraction of sp³-hybridized carbons (Fsp3) is 0. The average molecular weight is 467 g/mol. The van der Waals surface area contributed by atoms with Gasteiger partial charge in [0.1, 0.15) is 0 Å². The van der Waals surface area contributed by atoms with Gasteiger partial charge >= 0.3 is 50.5 Å². The zero-order valence-corrected chi connectivity index (χ0v) is 13.7. The summed E-state index contributed by atoms with van der Waals surface area (Å²) < 4.78 is 0. The maximum Gasteiger partial charge on any atom is 0 e. The van der Waals surface area contributed by atoms with Gasteiger partial charge in [0.2, 0.25) is 0 Å². The predicted octanol–water partition coefficient (Wildman–Crippen LogP) is 2.01. The molecule has 0 aliphatic carbocycles. The van der Waals surface area contributed by atoms with Gasteiger partial charge in [-0.1, -0.05) is 0 Å². The van der Waals surface area contributed by atoms with Gasteiger partial charge in [0, 0.05) is 58.2 Å². The van der Waals surface area contributed by atoms with E-state index in [1.54, 1.807) is 0 Å². The molecule has 23 valence electrons. The molecule has 0 aromatic carbocycles. The summed E-state index contributed by atoms with van der Waals surface area (Å²) in [6, 6.07) is 0.